The first kappa shape index (κ1) is 8.52. The van der Waals surface area contributed by atoms with Crippen LogP contribution in [0.25, 0.3) is 0 Å². The molecule has 1 saturated heterocycles. The van der Waals surface area contributed by atoms with E-state index >= 15 is 0 Å². The molecule has 0 bridgehead atoms. The van der Waals surface area contributed by atoms with Gasteiger partial charge in [0.15, 0.2) is 0 Å². The minimum Gasteiger partial charge on any atom is -0.369 e. The molecule has 72 valence electrons. The van der Waals surface area contributed by atoms with Gasteiger partial charge in [0, 0.05) is 26.2 Å². The summed E-state index contributed by atoms with van der Waals surface area (Å²) >= 11 is 0. The monoisotopic (exact) mass is 183 g/mol. The zero-order chi connectivity index (χ0) is 9.26. The molecule has 1 aromatic rings. The van der Waals surface area contributed by atoms with Crippen LogP contribution in [0.2, 0.25) is 0 Å². The lowest BCUT2D eigenvalue weighted by Gasteiger charge is -2.22. The van der Waals surface area contributed by atoms with E-state index in [0.29, 0.717) is 6.61 Å². The first-order chi connectivity index (χ1) is 6.27. The van der Waals surface area contributed by atoms with Crippen molar-refractivity contribution in [2.75, 3.05) is 19.7 Å². The third kappa shape index (κ3) is 1.66. The molecule has 0 unspecified atom stereocenters. The quantitative estimate of drug-likeness (QED) is 0.609. The van der Waals surface area contributed by atoms with Crippen molar-refractivity contribution in [3.8, 4) is 0 Å². The summed E-state index contributed by atoms with van der Waals surface area (Å²) in [6.45, 7) is 2.34. The molecule has 0 radical (unpaired) electrons. The number of aromatic nitrogens is 2. The number of nitrogens with zero attached hydrogens (tertiary/aromatic N) is 1. The van der Waals surface area contributed by atoms with Gasteiger partial charge in [0.05, 0.1) is 12.3 Å². The predicted molar refractivity (Wildman–Crippen MR) is 47.6 cm³/mol. The molecule has 1 fully saturated rings. The lowest BCUT2D eigenvalue weighted by Crippen LogP contribution is -2.33. The third-order valence-electron chi connectivity index (χ3n) is 2.18. The van der Waals surface area contributed by atoms with Crippen molar-refractivity contribution in [3.63, 3.8) is 0 Å². The summed E-state index contributed by atoms with van der Waals surface area (Å²) in [6, 6.07) is 1.58. The number of aryl methyl sites for hydroxylation is 1. The number of ether oxygens (including phenoxy) is 1. The smallest absolute Gasteiger partial charge is 0.266 e. The first-order valence-electron chi connectivity index (χ1n) is 4.35. The second-order valence-electron chi connectivity index (χ2n) is 3.17. The van der Waals surface area contributed by atoms with Crippen molar-refractivity contribution in [2.45, 2.75) is 6.10 Å². The summed E-state index contributed by atoms with van der Waals surface area (Å²) < 4.78 is 6.94. The normalized spacial score (nSPS) is 23.3. The SMILES string of the molecule is Cn1[nH]c([C@@H]2CNCCO2)cc1=O. The number of H-pyrrole nitrogens is 1. The van der Waals surface area contributed by atoms with E-state index in [4.69, 9.17) is 4.74 Å². The lowest BCUT2D eigenvalue weighted by molar-refractivity contribution is 0.0247. The predicted octanol–water partition coefficient (Wildman–Crippen LogP) is -0.626. The maximum absolute atomic E-state index is 11.1. The van der Waals surface area contributed by atoms with Crippen molar-refractivity contribution in [2.24, 2.45) is 7.05 Å². The van der Waals surface area contributed by atoms with Crippen LogP contribution in [0.1, 0.15) is 11.8 Å². The van der Waals surface area contributed by atoms with Crippen LogP contribution in [-0.4, -0.2) is 29.5 Å². The highest BCUT2D eigenvalue weighted by atomic mass is 16.5. The van der Waals surface area contributed by atoms with Gasteiger partial charge in [-0.25, -0.2) is 0 Å². The zero-order valence-corrected chi connectivity index (χ0v) is 7.54. The summed E-state index contributed by atoms with van der Waals surface area (Å²) in [5.74, 6) is 0. The molecule has 2 heterocycles. The van der Waals surface area contributed by atoms with E-state index in [2.05, 4.69) is 10.4 Å². The van der Waals surface area contributed by atoms with Crippen LogP contribution in [0.3, 0.4) is 0 Å². The molecule has 1 aliphatic heterocycles. The molecule has 2 rings (SSSR count). The van der Waals surface area contributed by atoms with Gasteiger partial charge in [-0.15, -0.1) is 0 Å². The average molecular weight is 183 g/mol. The first-order valence-corrected chi connectivity index (χ1v) is 4.35. The summed E-state index contributed by atoms with van der Waals surface area (Å²) in [5, 5.41) is 6.16. The van der Waals surface area contributed by atoms with Crippen molar-refractivity contribution in [1.82, 2.24) is 15.1 Å². The van der Waals surface area contributed by atoms with Gasteiger partial charge in [-0.1, -0.05) is 0 Å². The van der Waals surface area contributed by atoms with Gasteiger partial charge in [-0.05, 0) is 0 Å². The topological polar surface area (TPSA) is 59.1 Å². The van der Waals surface area contributed by atoms with Crippen molar-refractivity contribution in [3.05, 3.63) is 22.1 Å². The van der Waals surface area contributed by atoms with Gasteiger partial charge >= 0.3 is 0 Å². The van der Waals surface area contributed by atoms with Gasteiger partial charge in [-0.3, -0.25) is 14.6 Å². The minimum atomic E-state index is -0.0239. The Bertz CT molecular complexity index is 335. The fraction of sp³-hybridized carbons (Fsp3) is 0.625. The Labute approximate surface area is 75.7 Å². The van der Waals surface area contributed by atoms with Crippen LogP contribution in [-0.2, 0) is 11.8 Å². The largest absolute Gasteiger partial charge is 0.369 e. The fourth-order valence-electron chi connectivity index (χ4n) is 1.44. The van der Waals surface area contributed by atoms with E-state index in [9.17, 15) is 4.79 Å². The fourth-order valence-corrected chi connectivity index (χ4v) is 1.44. The van der Waals surface area contributed by atoms with Gasteiger partial charge in [0.2, 0.25) is 0 Å². The molecular weight excluding hydrogens is 170 g/mol. The standard InChI is InChI=1S/C8H13N3O2/c1-11-8(12)4-6(10-11)7-5-9-2-3-13-7/h4,7,9-10H,2-3,5H2,1H3/t7-/m0/s1. The molecule has 13 heavy (non-hydrogen) atoms. The number of hydrogen-bond donors (Lipinski definition) is 2. The number of hydrogen-bond acceptors (Lipinski definition) is 3. The number of morpholine rings is 1. The summed E-state index contributed by atoms with van der Waals surface area (Å²) in [7, 11) is 1.70. The molecular formula is C8H13N3O2. The highest BCUT2D eigenvalue weighted by Gasteiger charge is 2.17. The molecule has 5 nitrogen and oxygen atoms in total. The average Bonchev–Trinajstić information content (AvgIpc) is 2.49. The second-order valence-corrected chi connectivity index (χ2v) is 3.17. The van der Waals surface area contributed by atoms with E-state index in [0.717, 1.165) is 18.8 Å². The van der Waals surface area contributed by atoms with Crippen molar-refractivity contribution < 1.29 is 4.74 Å². The van der Waals surface area contributed by atoms with Gasteiger partial charge in [-0.2, -0.15) is 0 Å². The molecule has 2 N–H and O–H groups in total. The third-order valence-corrected chi connectivity index (χ3v) is 2.18. The minimum absolute atomic E-state index is 0.0114. The summed E-state index contributed by atoms with van der Waals surface area (Å²) in [6.07, 6.45) is -0.0114. The highest BCUT2D eigenvalue weighted by molar-refractivity contribution is 5.04. The van der Waals surface area contributed by atoms with Crippen LogP contribution in [0.4, 0.5) is 0 Å². The Kier molecular flexibility index (Phi) is 2.20. The maximum atomic E-state index is 11.1. The van der Waals surface area contributed by atoms with E-state index in [-0.39, 0.29) is 11.7 Å². The van der Waals surface area contributed by atoms with Crippen LogP contribution >= 0.6 is 0 Å². The van der Waals surface area contributed by atoms with E-state index in [1.54, 1.807) is 13.1 Å². The maximum Gasteiger partial charge on any atom is 0.266 e. The molecule has 0 aliphatic carbocycles. The Morgan fingerprint density at radius 1 is 1.69 bits per heavy atom. The van der Waals surface area contributed by atoms with Gasteiger partial charge < -0.3 is 10.1 Å². The molecule has 0 spiro atoms. The Balaban J connectivity index is 2.19. The van der Waals surface area contributed by atoms with Crippen LogP contribution in [0.5, 0.6) is 0 Å². The molecule has 0 saturated carbocycles. The van der Waals surface area contributed by atoms with Crippen molar-refractivity contribution in [1.29, 1.82) is 0 Å². The molecule has 0 aromatic carbocycles. The van der Waals surface area contributed by atoms with E-state index in [1.807, 2.05) is 0 Å². The van der Waals surface area contributed by atoms with E-state index in [1.165, 1.54) is 4.68 Å². The summed E-state index contributed by atoms with van der Waals surface area (Å²) in [4.78, 5) is 11.1. The number of aromatic amines is 1. The molecule has 1 aliphatic rings. The summed E-state index contributed by atoms with van der Waals surface area (Å²) in [5.41, 5.74) is 0.823. The van der Waals surface area contributed by atoms with Gasteiger partial charge in [0.1, 0.15) is 6.10 Å². The second kappa shape index (κ2) is 3.35. The van der Waals surface area contributed by atoms with Crippen LogP contribution in [0.15, 0.2) is 10.9 Å². The Morgan fingerprint density at radius 2 is 2.54 bits per heavy atom. The Morgan fingerprint density at radius 3 is 3.08 bits per heavy atom. The van der Waals surface area contributed by atoms with Crippen LogP contribution in [0, 0.1) is 0 Å². The van der Waals surface area contributed by atoms with Gasteiger partial charge in [0.25, 0.3) is 5.56 Å². The number of nitrogens with one attached hydrogen (secondary N) is 2. The molecule has 1 aromatic heterocycles. The Hall–Kier alpha value is -1.07. The van der Waals surface area contributed by atoms with Crippen LogP contribution < -0.4 is 10.9 Å². The molecule has 1 atom stereocenters. The van der Waals surface area contributed by atoms with E-state index < -0.39 is 0 Å². The zero-order valence-electron chi connectivity index (χ0n) is 7.54. The van der Waals surface area contributed by atoms with Crippen molar-refractivity contribution >= 4 is 0 Å². The molecule has 0 amide bonds. The lowest BCUT2D eigenvalue weighted by atomic mass is 10.2. The number of rotatable bonds is 1. The highest BCUT2D eigenvalue weighted by Crippen LogP contribution is 2.14. The molecule has 5 heteroatoms.